The molecule has 1 aliphatic rings. The number of ether oxygens (including phenoxy) is 1. The lowest BCUT2D eigenvalue weighted by molar-refractivity contribution is 0.0830. The fourth-order valence-corrected chi connectivity index (χ4v) is 1.89. The molecule has 1 heterocycles. The lowest BCUT2D eigenvalue weighted by Gasteiger charge is -2.24. The lowest BCUT2D eigenvalue weighted by Crippen LogP contribution is -2.36. The molecule has 0 fully saturated rings. The Morgan fingerprint density at radius 1 is 1.44 bits per heavy atom. The van der Waals surface area contributed by atoms with Gasteiger partial charge in [-0.05, 0) is 25.1 Å². The van der Waals surface area contributed by atoms with Gasteiger partial charge in [0, 0.05) is 6.54 Å². The third kappa shape index (κ3) is 2.25. The maximum atomic E-state index is 12.1. The summed E-state index contributed by atoms with van der Waals surface area (Å²) in [6.07, 6.45) is 1.08. The smallest absolute Gasteiger partial charge is 0.174 e. The van der Waals surface area contributed by atoms with Crippen molar-refractivity contribution in [3.05, 3.63) is 29.8 Å². The summed E-state index contributed by atoms with van der Waals surface area (Å²) in [6, 6.07) is 7.45. The van der Waals surface area contributed by atoms with Crippen molar-refractivity contribution >= 4 is 5.78 Å². The van der Waals surface area contributed by atoms with Crippen LogP contribution in [0.15, 0.2) is 24.3 Å². The molecule has 1 aliphatic heterocycles. The topological polar surface area (TPSA) is 38.3 Å². The highest BCUT2D eigenvalue weighted by Gasteiger charge is 2.27. The van der Waals surface area contributed by atoms with Crippen molar-refractivity contribution in [2.24, 2.45) is 5.92 Å². The minimum absolute atomic E-state index is 0.0403. The Labute approximate surface area is 95.8 Å². The fourth-order valence-electron chi connectivity index (χ4n) is 1.89. The van der Waals surface area contributed by atoms with Crippen LogP contribution in [0, 0.1) is 5.92 Å². The van der Waals surface area contributed by atoms with Gasteiger partial charge in [-0.2, -0.15) is 0 Å². The van der Waals surface area contributed by atoms with E-state index in [0.29, 0.717) is 13.2 Å². The summed E-state index contributed by atoms with van der Waals surface area (Å²) in [6.45, 7) is 4.26. The van der Waals surface area contributed by atoms with E-state index < -0.39 is 0 Å². The first kappa shape index (κ1) is 11.1. The highest BCUT2D eigenvalue weighted by molar-refractivity contribution is 6.01. The first-order valence-electron chi connectivity index (χ1n) is 5.79. The summed E-state index contributed by atoms with van der Waals surface area (Å²) >= 11 is 0. The van der Waals surface area contributed by atoms with Crippen LogP contribution in [0.2, 0.25) is 0 Å². The van der Waals surface area contributed by atoms with E-state index in [4.69, 9.17) is 4.74 Å². The van der Waals surface area contributed by atoms with Crippen LogP contribution in [0.25, 0.3) is 0 Å². The third-order valence-corrected chi connectivity index (χ3v) is 2.78. The molecule has 3 heteroatoms. The molecule has 0 radical (unpaired) electrons. The van der Waals surface area contributed by atoms with Gasteiger partial charge in [-0.25, -0.2) is 0 Å². The zero-order chi connectivity index (χ0) is 11.4. The van der Waals surface area contributed by atoms with Crippen LogP contribution < -0.4 is 10.1 Å². The van der Waals surface area contributed by atoms with Gasteiger partial charge in [-0.1, -0.05) is 19.1 Å². The summed E-state index contributed by atoms with van der Waals surface area (Å²) in [5, 5.41) is 3.27. The molecule has 0 saturated carbocycles. The predicted molar refractivity (Wildman–Crippen MR) is 62.9 cm³/mol. The van der Waals surface area contributed by atoms with Crippen LogP contribution in [0.3, 0.4) is 0 Å². The van der Waals surface area contributed by atoms with Gasteiger partial charge >= 0.3 is 0 Å². The van der Waals surface area contributed by atoms with Crippen molar-refractivity contribution in [3.63, 3.8) is 0 Å². The second-order valence-corrected chi connectivity index (χ2v) is 4.07. The standard InChI is InChI=1S/C13H17NO2/c1-2-7-14-8-10-9-16-12-6-4-3-5-11(12)13(10)15/h3-6,10,14H,2,7-9H2,1H3. The van der Waals surface area contributed by atoms with E-state index in [1.54, 1.807) is 0 Å². The number of carbonyl (C=O) groups is 1. The Morgan fingerprint density at radius 2 is 2.25 bits per heavy atom. The van der Waals surface area contributed by atoms with Crippen LogP contribution in [0.5, 0.6) is 5.75 Å². The summed E-state index contributed by atoms with van der Waals surface area (Å²) in [7, 11) is 0. The average molecular weight is 219 g/mol. The van der Waals surface area contributed by atoms with Crippen molar-refractivity contribution in [2.75, 3.05) is 19.7 Å². The summed E-state index contributed by atoms with van der Waals surface area (Å²) in [5.74, 6) is 0.881. The maximum absolute atomic E-state index is 12.1. The van der Waals surface area contributed by atoms with Crippen molar-refractivity contribution in [2.45, 2.75) is 13.3 Å². The molecule has 1 aromatic carbocycles. The van der Waals surface area contributed by atoms with Gasteiger partial charge in [0.1, 0.15) is 5.75 Å². The molecule has 1 aromatic rings. The molecule has 1 unspecified atom stereocenters. The molecule has 0 amide bonds. The highest BCUT2D eigenvalue weighted by atomic mass is 16.5. The van der Waals surface area contributed by atoms with E-state index in [2.05, 4.69) is 12.2 Å². The number of ketones is 1. The molecule has 16 heavy (non-hydrogen) atoms. The second-order valence-electron chi connectivity index (χ2n) is 4.07. The van der Waals surface area contributed by atoms with Gasteiger partial charge in [0.15, 0.2) is 5.78 Å². The maximum Gasteiger partial charge on any atom is 0.174 e. The van der Waals surface area contributed by atoms with E-state index in [1.807, 2.05) is 24.3 Å². The first-order valence-corrected chi connectivity index (χ1v) is 5.79. The summed E-state index contributed by atoms with van der Waals surface area (Å²) in [5.41, 5.74) is 0.719. The quantitative estimate of drug-likeness (QED) is 0.786. The molecular weight excluding hydrogens is 202 g/mol. The molecule has 1 N–H and O–H groups in total. The van der Waals surface area contributed by atoms with Crippen molar-refractivity contribution in [3.8, 4) is 5.75 Å². The Kier molecular flexibility index (Phi) is 3.57. The Balaban J connectivity index is 2.03. The molecule has 2 rings (SSSR count). The number of hydrogen-bond donors (Lipinski definition) is 1. The number of Topliss-reactive ketones (excluding diaryl/α,β-unsaturated/α-hetero) is 1. The Hall–Kier alpha value is -1.35. The molecule has 3 nitrogen and oxygen atoms in total. The minimum atomic E-state index is -0.0403. The van der Waals surface area contributed by atoms with Crippen molar-refractivity contribution < 1.29 is 9.53 Å². The fraction of sp³-hybridized carbons (Fsp3) is 0.462. The van der Waals surface area contributed by atoms with Gasteiger partial charge in [0.25, 0.3) is 0 Å². The molecule has 0 aliphatic carbocycles. The molecule has 86 valence electrons. The predicted octanol–water partition coefficient (Wildman–Crippen LogP) is 1.88. The summed E-state index contributed by atoms with van der Waals surface area (Å²) in [4.78, 5) is 12.1. The van der Waals surface area contributed by atoms with E-state index >= 15 is 0 Å². The molecular formula is C13H17NO2. The Bertz CT molecular complexity index is 376. The van der Waals surface area contributed by atoms with E-state index in [0.717, 1.165) is 24.3 Å². The van der Waals surface area contributed by atoms with Gasteiger partial charge < -0.3 is 10.1 Å². The molecule has 0 bridgehead atoms. The van der Waals surface area contributed by atoms with Gasteiger partial charge in [-0.3, -0.25) is 4.79 Å². The van der Waals surface area contributed by atoms with Gasteiger partial charge in [-0.15, -0.1) is 0 Å². The van der Waals surface area contributed by atoms with Crippen molar-refractivity contribution in [1.29, 1.82) is 0 Å². The van der Waals surface area contributed by atoms with Gasteiger partial charge in [0.2, 0.25) is 0 Å². The summed E-state index contributed by atoms with van der Waals surface area (Å²) < 4.78 is 5.58. The van der Waals surface area contributed by atoms with E-state index in [9.17, 15) is 4.79 Å². The lowest BCUT2D eigenvalue weighted by atomic mass is 9.95. The van der Waals surface area contributed by atoms with Crippen LogP contribution in [0.1, 0.15) is 23.7 Å². The molecule has 0 spiro atoms. The monoisotopic (exact) mass is 219 g/mol. The largest absolute Gasteiger partial charge is 0.492 e. The normalized spacial score (nSPS) is 19.1. The van der Waals surface area contributed by atoms with Crippen LogP contribution in [-0.4, -0.2) is 25.5 Å². The van der Waals surface area contributed by atoms with E-state index in [-0.39, 0.29) is 11.7 Å². The number of para-hydroxylation sites is 1. The zero-order valence-electron chi connectivity index (χ0n) is 9.53. The molecule has 0 saturated heterocycles. The third-order valence-electron chi connectivity index (χ3n) is 2.78. The number of nitrogens with one attached hydrogen (secondary N) is 1. The number of rotatable bonds is 4. The number of benzene rings is 1. The SMILES string of the molecule is CCCNCC1COc2ccccc2C1=O. The average Bonchev–Trinajstić information content (AvgIpc) is 2.33. The van der Waals surface area contributed by atoms with E-state index in [1.165, 1.54) is 0 Å². The van der Waals surface area contributed by atoms with Crippen LogP contribution in [-0.2, 0) is 0 Å². The molecule has 0 aromatic heterocycles. The molecule has 1 atom stereocenters. The van der Waals surface area contributed by atoms with Crippen LogP contribution in [0.4, 0.5) is 0 Å². The van der Waals surface area contributed by atoms with Gasteiger partial charge in [0.05, 0.1) is 18.1 Å². The number of carbonyl (C=O) groups excluding carboxylic acids is 1. The second kappa shape index (κ2) is 5.12. The Morgan fingerprint density at radius 3 is 3.06 bits per heavy atom. The number of hydrogen-bond acceptors (Lipinski definition) is 3. The first-order chi connectivity index (χ1) is 7.83. The van der Waals surface area contributed by atoms with Crippen molar-refractivity contribution in [1.82, 2.24) is 5.32 Å². The number of fused-ring (bicyclic) bond motifs is 1. The minimum Gasteiger partial charge on any atom is -0.492 e. The zero-order valence-corrected chi connectivity index (χ0v) is 9.53. The highest BCUT2D eigenvalue weighted by Crippen LogP contribution is 2.26. The van der Waals surface area contributed by atoms with Crippen LogP contribution >= 0.6 is 0 Å².